The van der Waals surface area contributed by atoms with E-state index in [1.807, 2.05) is 18.2 Å². The molecule has 1 fully saturated rings. The van der Waals surface area contributed by atoms with E-state index in [4.69, 9.17) is 4.42 Å². The fraction of sp³-hybridized carbons (Fsp3) is 0.375. The minimum atomic E-state index is -1.50. The van der Waals surface area contributed by atoms with Gasteiger partial charge >= 0.3 is 7.12 Å². The second kappa shape index (κ2) is 5.73. The van der Waals surface area contributed by atoms with Crippen molar-refractivity contribution in [1.82, 2.24) is 19.7 Å². The van der Waals surface area contributed by atoms with Gasteiger partial charge in [0.25, 0.3) is 0 Å². The van der Waals surface area contributed by atoms with Crippen LogP contribution in [0.3, 0.4) is 0 Å². The lowest BCUT2D eigenvalue weighted by atomic mass is 9.86. The predicted molar refractivity (Wildman–Crippen MR) is 90.6 cm³/mol. The molecule has 124 valence electrons. The van der Waals surface area contributed by atoms with Gasteiger partial charge in [-0.05, 0) is 56.1 Å². The van der Waals surface area contributed by atoms with E-state index in [9.17, 15) is 10.0 Å². The molecule has 2 aromatic heterocycles. The highest BCUT2D eigenvalue weighted by Crippen LogP contribution is 2.31. The van der Waals surface area contributed by atoms with Crippen molar-refractivity contribution in [2.45, 2.75) is 18.9 Å². The lowest BCUT2D eigenvalue weighted by molar-refractivity contribution is 0.269. The maximum atomic E-state index is 9.43. The lowest BCUT2D eigenvalue weighted by Crippen LogP contribution is -2.34. The molecule has 1 atom stereocenters. The third-order valence-electron chi connectivity index (χ3n) is 4.84. The Hall–Kier alpha value is -2.16. The van der Waals surface area contributed by atoms with Gasteiger partial charge < -0.3 is 19.0 Å². The standard InChI is InChI=1S/C16H19BN4O3/c1-20-7-3-4-13(20)16-19-18-15(24-16)10-5-6-12-11(8-10)9-14(17(22)23)21(12)2/h5-6,8-9,13,22-23H,3-4,7H2,1-2H3. The van der Waals surface area contributed by atoms with Crippen molar-refractivity contribution in [3.8, 4) is 11.5 Å². The van der Waals surface area contributed by atoms with Gasteiger partial charge in [0.05, 0.1) is 6.04 Å². The highest BCUT2D eigenvalue weighted by molar-refractivity contribution is 6.58. The van der Waals surface area contributed by atoms with E-state index in [0.717, 1.165) is 35.9 Å². The number of hydrogen-bond acceptors (Lipinski definition) is 6. The number of hydrogen-bond donors (Lipinski definition) is 2. The van der Waals surface area contributed by atoms with Crippen molar-refractivity contribution in [2.24, 2.45) is 7.05 Å². The minimum absolute atomic E-state index is 0.197. The van der Waals surface area contributed by atoms with Crippen LogP contribution in [0.4, 0.5) is 0 Å². The van der Waals surface area contributed by atoms with Gasteiger partial charge in [0.1, 0.15) is 0 Å². The average Bonchev–Trinajstić information content (AvgIpc) is 3.26. The molecule has 2 N–H and O–H groups in total. The first-order valence-electron chi connectivity index (χ1n) is 8.04. The van der Waals surface area contributed by atoms with E-state index in [-0.39, 0.29) is 6.04 Å². The van der Waals surface area contributed by atoms with Crippen LogP contribution in [0.25, 0.3) is 22.4 Å². The van der Waals surface area contributed by atoms with Crippen LogP contribution in [0, 0.1) is 0 Å². The van der Waals surface area contributed by atoms with Crippen LogP contribution in [0.5, 0.6) is 0 Å². The second-order valence-corrected chi connectivity index (χ2v) is 6.36. The third-order valence-corrected chi connectivity index (χ3v) is 4.84. The Labute approximate surface area is 139 Å². The molecule has 7 nitrogen and oxygen atoms in total. The maximum absolute atomic E-state index is 9.43. The van der Waals surface area contributed by atoms with Crippen molar-refractivity contribution in [2.75, 3.05) is 13.6 Å². The van der Waals surface area contributed by atoms with Crippen LogP contribution in [-0.2, 0) is 7.05 Å². The summed E-state index contributed by atoms with van der Waals surface area (Å²) in [4.78, 5) is 2.23. The number of likely N-dealkylation sites (tertiary alicyclic amines) is 1. The molecule has 1 aliphatic rings. The summed E-state index contributed by atoms with van der Waals surface area (Å²) >= 11 is 0. The van der Waals surface area contributed by atoms with E-state index < -0.39 is 7.12 Å². The number of fused-ring (bicyclic) bond motifs is 1. The quantitative estimate of drug-likeness (QED) is 0.688. The first-order valence-corrected chi connectivity index (χ1v) is 8.04. The molecule has 1 unspecified atom stereocenters. The summed E-state index contributed by atoms with van der Waals surface area (Å²) in [5, 5.41) is 28.2. The molecule has 3 aromatic rings. The van der Waals surface area contributed by atoms with Crippen LogP contribution in [0.2, 0.25) is 0 Å². The van der Waals surface area contributed by atoms with Crippen molar-refractivity contribution in [1.29, 1.82) is 0 Å². The number of benzene rings is 1. The van der Waals surface area contributed by atoms with E-state index >= 15 is 0 Å². The number of aromatic nitrogens is 3. The first-order chi connectivity index (χ1) is 11.5. The fourth-order valence-electron chi connectivity index (χ4n) is 3.46. The molecule has 0 amide bonds. The molecular formula is C16H19BN4O3. The van der Waals surface area contributed by atoms with Gasteiger partial charge in [-0.1, -0.05) is 0 Å². The van der Waals surface area contributed by atoms with E-state index in [2.05, 4.69) is 22.1 Å². The van der Waals surface area contributed by atoms with Crippen molar-refractivity contribution < 1.29 is 14.5 Å². The molecule has 0 aliphatic carbocycles. The smallest absolute Gasteiger partial charge is 0.422 e. The highest BCUT2D eigenvalue weighted by Gasteiger charge is 2.28. The maximum Gasteiger partial charge on any atom is 0.505 e. The Balaban J connectivity index is 1.70. The summed E-state index contributed by atoms with van der Waals surface area (Å²) in [5.41, 5.74) is 2.18. The van der Waals surface area contributed by atoms with Gasteiger partial charge in [-0.25, -0.2) is 0 Å². The molecule has 0 spiro atoms. The molecule has 1 aromatic carbocycles. The number of rotatable bonds is 3. The average molecular weight is 326 g/mol. The molecule has 0 saturated carbocycles. The topological polar surface area (TPSA) is 87.5 Å². The normalized spacial score (nSPS) is 18.6. The number of nitrogens with zero attached hydrogens (tertiary/aromatic N) is 4. The highest BCUT2D eigenvalue weighted by atomic mass is 16.4. The van der Waals surface area contributed by atoms with E-state index in [1.165, 1.54) is 0 Å². The van der Waals surface area contributed by atoms with Crippen molar-refractivity contribution >= 4 is 23.6 Å². The molecule has 3 heterocycles. The summed E-state index contributed by atoms with van der Waals surface area (Å²) in [6, 6.07) is 7.71. The minimum Gasteiger partial charge on any atom is -0.422 e. The van der Waals surface area contributed by atoms with Gasteiger partial charge in [0, 0.05) is 23.7 Å². The summed E-state index contributed by atoms with van der Waals surface area (Å²) < 4.78 is 7.65. The van der Waals surface area contributed by atoms with Crippen LogP contribution in [-0.4, -0.2) is 50.4 Å². The molecule has 1 aliphatic heterocycles. The zero-order valence-electron chi connectivity index (χ0n) is 13.7. The van der Waals surface area contributed by atoms with Gasteiger partial charge in [-0.2, -0.15) is 0 Å². The van der Waals surface area contributed by atoms with Crippen LogP contribution < -0.4 is 5.59 Å². The number of aryl methyl sites for hydroxylation is 1. The Kier molecular flexibility index (Phi) is 3.67. The SMILES string of the molecule is CN1CCCC1c1nnc(-c2ccc3c(c2)cc(B(O)O)n3C)o1. The van der Waals surface area contributed by atoms with Gasteiger partial charge in [-0.3, -0.25) is 4.90 Å². The van der Waals surface area contributed by atoms with Gasteiger partial charge in [-0.15, -0.1) is 10.2 Å². The van der Waals surface area contributed by atoms with Crippen molar-refractivity contribution in [3.05, 3.63) is 30.2 Å². The van der Waals surface area contributed by atoms with Crippen LogP contribution in [0.15, 0.2) is 28.7 Å². The largest absolute Gasteiger partial charge is 0.505 e. The molecule has 0 radical (unpaired) electrons. The molecular weight excluding hydrogens is 307 g/mol. The molecule has 4 rings (SSSR count). The van der Waals surface area contributed by atoms with Crippen LogP contribution >= 0.6 is 0 Å². The summed E-state index contributed by atoms with van der Waals surface area (Å²) in [5.74, 6) is 1.15. The van der Waals surface area contributed by atoms with Crippen LogP contribution in [0.1, 0.15) is 24.8 Å². The zero-order valence-corrected chi connectivity index (χ0v) is 13.7. The Morgan fingerprint density at radius 2 is 2.04 bits per heavy atom. The second-order valence-electron chi connectivity index (χ2n) is 6.36. The summed E-state index contributed by atoms with van der Waals surface area (Å²) in [6.45, 7) is 1.05. The monoisotopic (exact) mass is 326 g/mol. The Morgan fingerprint density at radius 1 is 1.21 bits per heavy atom. The summed E-state index contributed by atoms with van der Waals surface area (Å²) in [6.07, 6.45) is 2.18. The van der Waals surface area contributed by atoms with Gasteiger partial charge in [0.2, 0.25) is 11.8 Å². The molecule has 8 heteroatoms. The molecule has 24 heavy (non-hydrogen) atoms. The first kappa shape index (κ1) is 15.4. The van der Waals surface area contributed by atoms with Gasteiger partial charge in [0.15, 0.2) is 0 Å². The lowest BCUT2D eigenvalue weighted by Gasteiger charge is -2.14. The third kappa shape index (κ3) is 2.43. The molecule has 1 saturated heterocycles. The Morgan fingerprint density at radius 3 is 2.75 bits per heavy atom. The van der Waals surface area contributed by atoms with Crippen molar-refractivity contribution in [3.63, 3.8) is 0 Å². The van der Waals surface area contributed by atoms with E-state index in [0.29, 0.717) is 17.4 Å². The fourth-order valence-corrected chi connectivity index (χ4v) is 3.46. The summed E-state index contributed by atoms with van der Waals surface area (Å²) in [7, 11) is 2.37. The Bertz CT molecular complexity index is 889. The zero-order chi connectivity index (χ0) is 16.8. The molecule has 0 bridgehead atoms. The predicted octanol–water partition coefficient (Wildman–Crippen LogP) is 0.675. The van der Waals surface area contributed by atoms with E-state index in [1.54, 1.807) is 17.7 Å².